The number of likely N-dealkylation sites (tertiary alicyclic amines) is 1. The minimum absolute atomic E-state index is 0.120. The van der Waals surface area contributed by atoms with Gasteiger partial charge in [-0.15, -0.1) is 6.58 Å². The first-order chi connectivity index (χ1) is 12.0. The fourth-order valence-electron chi connectivity index (χ4n) is 3.97. The number of urea groups is 1. The van der Waals surface area contributed by atoms with Crippen molar-refractivity contribution >= 4 is 23.5 Å². The van der Waals surface area contributed by atoms with Crippen LogP contribution in [0.5, 0.6) is 0 Å². The maximum atomic E-state index is 12.5. The molecule has 2 fully saturated rings. The number of hydrogen-bond acceptors (Lipinski definition) is 3. The van der Waals surface area contributed by atoms with Crippen LogP contribution in [0.25, 0.3) is 0 Å². The summed E-state index contributed by atoms with van der Waals surface area (Å²) in [5.41, 5.74) is 1.14. The van der Waals surface area contributed by atoms with E-state index in [9.17, 15) is 9.59 Å². The van der Waals surface area contributed by atoms with Crippen molar-refractivity contribution in [2.45, 2.75) is 18.9 Å². The summed E-state index contributed by atoms with van der Waals surface area (Å²) in [6, 6.07) is 7.82. The molecule has 1 aromatic rings. The molecule has 25 heavy (non-hydrogen) atoms. The van der Waals surface area contributed by atoms with Crippen LogP contribution in [0, 0.1) is 5.92 Å². The Morgan fingerprint density at radius 3 is 2.88 bits per heavy atom. The van der Waals surface area contributed by atoms with Crippen molar-refractivity contribution in [3.63, 3.8) is 0 Å². The third-order valence-electron chi connectivity index (χ3n) is 5.09. The first-order valence-corrected chi connectivity index (χ1v) is 9.05. The number of hydrogen-bond donors (Lipinski definition) is 0. The molecule has 2 aliphatic rings. The molecule has 3 amide bonds. The highest BCUT2D eigenvalue weighted by Crippen LogP contribution is 2.37. The average molecular weight is 362 g/mol. The second kappa shape index (κ2) is 7.58. The molecule has 5 nitrogen and oxygen atoms in total. The van der Waals surface area contributed by atoms with Crippen LogP contribution in [0.15, 0.2) is 36.9 Å². The lowest BCUT2D eigenvalue weighted by Gasteiger charge is -2.40. The van der Waals surface area contributed by atoms with Crippen molar-refractivity contribution in [2.24, 2.45) is 5.92 Å². The molecule has 0 bridgehead atoms. The van der Waals surface area contributed by atoms with Crippen LogP contribution in [0.2, 0.25) is 5.02 Å². The number of carbonyl (C=O) groups is 2. The van der Waals surface area contributed by atoms with E-state index in [2.05, 4.69) is 24.6 Å². The molecule has 0 aliphatic carbocycles. The average Bonchev–Trinajstić information content (AvgIpc) is 2.83. The van der Waals surface area contributed by atoms with Gasteiger partial charge in [0, 0.05) is 24.2 Å². The fourth-order valence-corrected chi connectivity index (χ4v) is 4.17. The molecule has 2 atom stereocenters. The molecule has 0 N–H and O–H groups in total. The zero-order valence-electron chi connectivity index (χ0n) is 14.5. The van der Waals surface area contributed by atoms with Crippen molar-refractivity contribution in [3.05, 3.63) is 47.5 Å². The van der Waals surface area contributed by atoms with Crippen LogP contribution in [0.3, 0.4) is 0 Å². The van der Waals surface area contributed by atoms with Crippen LogP contribution >= 0.6 is 11.6 Å². The summed E-state index contributed by atoms with van der Waals surface area (Å²) in [7, 11) is 2.09. The number of carbonyl (C=O) groups excluding carboxylic acids is 2. The van der Waals surface area contributed by atoms with E-state index in [1.807, 2.05) is 18.2 Å². The van der Waals surface area contributed by atoms with Gasteiger partial charge in [0.1, 0.15) is 6.54 Å². The lowest BCUT2D eigenvalue weighted by Crippen LogP contribution is -2.44. The third-order valence-corrected chi connectivity index (χ3v) is 5.33. The van der Waals surface area contributed by atoms with Crippen LogP contribution in [-0.2, 0) is 4.79 Å². The van der Waals surface area contributed by atoms with Crippen molar-refractivity contribution in [3.8, 4) is 0 Å². The summed E-state index contributed by atoms with van der Waals surface area (Å²) >= 11 is 6.18. The summed E-state index contributed by atoms with van der Waals surface area (Å²) in [5, 5.41) is 0.709. The van der Waals surface area contributed by atoms with Crippen LogP contribution in [-0.4, -0.2) is 59.9 Å². The molecule has 6 heteroatoms. The molecule has 0 aromatic heterocycles. The Balaban J connectivity index is 1.80. The molecule has 0 unspecified atom stereocenters. The van der Waals surface area contributed by atoms with E-state index in [4.69, 9.17) is 11.6 Å². The predicted molar refractivity (Wildman–Crippen MR) is 98.4 cm³/mol. The van der Waals surface area contributed by atoms with E-state index >= 15 is 0 Å². The number of halogens is 1. The summed E-state index contributed by atoms with van der Waals surface area (Å²) in [4.78, 5) is 30.1. The van der Waals surface area contributed by atoms with E-state index in [0.717, 1.165) is 24.9 Å². The lowest BCUT2D eigenvalue weighted by atomic mass is 9.84. The van der Waals surface area contributed by atoms with Gasteiger partial charge in [-0.05, 0) is 50.0 Å². The summed E-state index contributed by atoms with van der Waals surface area (Å²) in [6.07, 6.45) is 3.70. The zero-order valence-corrected chi connectivity index (χ0v) is 15.3. The zero-order chi connectivity index (χ0) is 18.0. The highest BCUT2D eigenvalue weighted by atomic mass is 35.5. The van der Waals surface area contributed by atoms with Gasteiger partial charge in [0.25, 0.3) is 0 Å². The number of benzene rings is 1. The van der Waals surface area contributed by atoms with Gasteiger partial charge in [0.15, 0.2) is 0 Å². The topological polar surface area (TPSA) is 43.9 Å². The number of amides is 3. The van der Waals surface area contributed by atoms with E-state index in [-0.39, 0.29) is 30.4 Å². The summed E-state index contributed by atoms with van der Waals surface area (Å²) in [6.45, 7) is 5.65. The molecule has 2 saturated heterocycles. The minimum atomic E-state index is -0.206. The van der Waals surface area contributed by atoms with Gasteiger partial charge in [-0.3, -0.25) is 14.6 Å². The van der Waals surface area contributed by atoms with Crippen LogP contribution < -0.4 is 0 Å². The SMILES string of the molecule is C=CCN1CC(=O)N(C[C@@H]2CCCN(C)[C@H]2c2cccc(Cl)c2)C1=O. The van der Waals surface area contributed by atoms with Gasteiger partial charge < -0.3 is 4.90 Å². The molecule has 1 aromatic carbocycles. The second-order valence-corrected chi connectivity index (χ2v) is 7.28. The Morgan fingerprint density at radius 1 is 1.36 bits per heavy atom. The lowest BCUT2D eigenvalue weighted by molar-refractivity contribution is -0.126. The molecular weight excluding hydrogens is 338 g/mol. The molecule has 2 aliphatic heterocycles. The predicted octanol–water partition coefficient (Wildman–Crippen LogP) is 3.17. The molecule has 2 heterocycles. The monoisotopic (exact) mass is 361 g/mol. The summed E-state index contributed by atoms with van der Waals surface area (Å²) < 4.78 is 0. The highest BCUT2D eigenvalue weighted by molar-refractivity contribution is 6.30. The van der Waals surface area contributed by atoms with Crippen molar-refractivity contribution in [1.82, 2.24) is 14.7 Å². The molecule has 3 rings (SSSR count). The van der Waals surface area contributed by atoms with Gasteiger partial charge in [-0.25, -0.2) is 4.79 Å². The van der Waals surface area contributed by atoms with Crippen LogP contribution in [0.1, 0.15) is 24.4 Å². The normalized spacial score (nSPS) is 24.9. The highest BCUT2D eigenvalue weighted by Gasteiger charge is 2.40. The number of piperidine rings is 1. The second-order valence-electron chi connectivity index (χ2n) is 6.84. The fraction of sp³-hybridized carbons (Fsp3) is 0.474. The molecule has 0 spiro atoms. The Labute approximate surface area is 153 Å². The molecule has 0 radical (unpaired) electrons. The molecule has 0 saturated carbocycles. The van der Waals surface area contributed by atoms with Gasteiger partial charge in [0.2, 0.25) is 5.91 Å². The van der Waals surface area contributed by atoms with Gasteiger partial charge in [-0.1, -0.05) is 29.8 Å². The molecule has 134 valence electrons. The van der Waals surface area contributed by atoms with Crippen LogP contribution in [0.4, 0.5) is 4.79 Å². The summed E-state index contributed by atoms with van der Waals surface area (Å²) in [5.74, 6) is 0.0821. The Bertz CT molecular complexity index is 678. The van der Waals surface area contributed by atoms with E-state index in [1.165, 1.54) is 9.80 Å². The largest absolute Gasteiger partial charge is 0.327 e. The van der Waals surface area contributed by atoms with E-state index in [0.29, 0.717) is 18.1 Å². The third kappa shape index (κ3) is 3.72. The first-order valence-electron chi connectivity index (χ1n) is 8.67. The number of imide groups is 1. The standard InChI is InChI=1S/C19H24ClN3O2/c1-3-9-22-13-17(24)23(19(22)25)12-15-7-5-10-21(2)18(15)14-6-4-8-16(20)11-14/h3-4,6,8,11,15,18H,1,5,7,9-10,12-13H2,2H3/t15-,18-/m0/s1. The number of nitrogens with zero attached hydrogens (tertiary/aromatic N) is 3. The van der Waals surface area contributed by atoms with E-state index < -0.39 is 0 Å². The maximum Gasteiger partial charge on any atom is 0.327 e. The Morgan fingerprint density at radius 2 is 2.16 bits per heavy atom. The van der Waals surface area contributed by atoms with Crippen molar-refractivity contribution in [2.75, 3.05) is 33.2 Å². The smallest absolute Gasteiger partial charge is 0.311 e. The Kier molecular flexibility index (Phi) is 5.45. The van der Waals surface area contributed by atoms with Gasteiger partial charge in [-0.2, -0.15) is 0 Å². The van der Waals surface area contributed by atoms with Gasteiger partial charge >= 0.3 is 6.03 Å². The van der Waals surface area contributed by atoms with Crippen molar-refractivity contribution in [1.29, 1.82) is 0 Å². The van der Waals surface area contributed by atoms with Gasteiger partial charge in [0.05, 0.1) is 0 Å². The minimum Gasteiger partial charge on any atom is -0.311 e. The quantitative estimate of drug-likeness (QED) is 0.597. The maximum absolute atomic E-state index is 12.5. The van der Waals surface area contributed by atoms with E-state index in [1.54, 1.807) is 6.08 Å². The first kappa shape index (κ1) is 18.0. The Hall–Kier alpha value is -1.85. The van der Waals surface area contributed by atoms with Crippen molar-refractivity contribution < 1.29 is 9.59 Å². The molecular formula is C19H24ClN3O2. The number of rotatable bonds is 5.